The summed E-state index contributed by atoms with van der Waals surface area (Å²) in [6, 6.07) is 4.29. The van der Waals surface area contributed by atoms with Gasteiger partial charge in [0.15, 0.2) is 0 Å². The van der Waals surface area contributed by atoms with Crippen LogP contribution in [0.15, 0.2) is 18.2 Å². The van der Waals surface area contributed by atoms with E-state index in [1.165, 1.54) is 12.1 Å². The molecule has 1 aromatic rings. The molecule has 0 saturated heterocycles. The molecule has 2 N–H and O–H groups in total. The van der Waals surface area contributed by atoms with Crippen molar-refractivity contribution in [1.82, 2.24) is 0 Å². The fourth-order valence-corrected chi connectivity index (χ4v) is 2.83. The van der Waals surface area contributed by atoms with Crippen LogP contribution in [0.5, 0.6) is 5.75 Å². The number of hydrogen-bond acceptors (Lipinski definition) is 3. The maximum absolute atomic E-state index is 14.0. The standard InChI is InChI=1S/C17H22FNO4/c1-10(2)23-13-6-7-15(14(18)9-13)19-16(20)11-4-3-5-12(8-11)17(21)22/h6-7,9-12H,3-5,8H2,1-2H3,(H,19,20)(H,21,22). The molecular formula is C17H22FNO4. The average Bonchev–Trinajstić information content (AvgIpc) is 2.49. The van der Waals surface area contributed by atoms with E-state index in [-0.39, 0.29) is 17.7 Å². The smallest absolute Gasteiger partial charge is 0.306 e. The van der Waals surface area contributed by atoms with Crippen molar-refractivity contribution in [3.63, 3.8) is 0 Å². The molecule has 126 valence electrons. The summed E-state index contributed by atoms with van der Waals surface area (Å²) in [4.78, 5) is 23.3. The molecule has 2 unspecified atom stereocenters. The van der Waals surface area contributed by atoms with Crippen LogP contribution >= 0.6 is 0 Å². The molecule has 2 rings (SSSR count). The minimum atomic E-state index is -0.871. The van der Waals surface area contributed by atoms with Gasteiger partial charge in [-0.2, -0.15) is 0 Å². The van der Waals surface area contributed by atoms with Crippen molar-refractivity contribution in [1.29, 1.82) is 0 Å². The maximum Gasteiger partial charge on any atom is 0.306 e. The van der Waals surface area contributed by atoms with Crippen LogP contribution < -0.4 is 10.1 Å². The van der Waals surface area contributed by atoms with Gasteiger partial charge in [-0.1, -0.05) is 6.42 Å². The summed E-state index contributed by atoms with van der Waals surface area (Å²) >= 11 is 0. The topological polar surface area (TPSA) is 75.6 Å². The molecule has 1 aliphatic rings. The van der Waals surface area contributed by atoms with Crippen molar-refractivity contribution in [3.05, 3.63) is 24.0 Å². The van der Waals surface area contributed by atoms with Gasteiger partial charge in [0, 0.05) is 12.0 Å². The highest BCUT2D eigenvalue weighted by molar-refractivity contribution is 5.93. The van der Waals surface area contributed by atoms with Gasteiger partial charge in [-0.3, -0.25) is 9.59 Å². The second kappa shape index (κ2) is 7.44. The number of rotatable bonds is 5. The molecular weight excluding hydrogens is 301 g/mol. The lowest BCUT2D eigenvalue weighted by atomic mass is 9.81. The first-order valence-electron chi connectivity index (χ1n) is 7.86. The van der Waals surface area contributed by atoms with E-state index in [9.17, 15) is 14.0 Å². The summed E-state index contributed by atoms with van der Waals surface area (Å²) in [6.07, 6.45) is 2.15. The van der Waals surface area contributed by atoms with Crippen LogP contribution in [0.4, 0.5) is 10.1 Å². The lowest BCUT2D eigenvalue weighted by Crippen LogP contribution is -2.31. The summed E-state index contributed by atoms with van der Waals surface area (Å²) in [5.74, 6) is -2.25. The highest BCUT2D eigenvalue weighted by Gasteiger charge is 2.31. The molecule has 1 aromatic carbocycles. The molecule has 1 aliphatic carbocycles. The van der Waals surface area contributed by atoms with Gasteiger partial charge >= 0.3 is 5.97 Å². The number of ether oxygens (including phenoxy) is 1. The summed E-state index contributed by atoms with van der Waals surface area (Å²) < 4.78 is 19.4. The fourth-order valence-electron chi connectivity index (χ4n) is 2.83. The second-order valence-electron chi connectivity index (χ2n) is 6.20. The first-order chi connectivity index (χ1) is 10.9. The Hall–Kier alpha value is -2.11. The van der Waals surface area contributed by atoms with E-state index in [4.69, 9.17) is 9.84 Å². The summed E-state index contributed by atoms with van der Waals surface area (Å²) in [5.41, 5.74) is 0.0866. The Balaban J connectivity index is 2.01. The highest BCUT2D eigenvalue weighted by Crippen LogP contribution is 2.30. The van der Waals surface area contributed by atoms with E-state index in [1.807, 2.05) is 13.8 Å². The number of anilines is 1. The van der Waals surface area contributed by atoms with Crippen LogP contribution in [0.3, 0.4) is 0 Å². The summed E-state index contributed by atoms with van der Waals surface area (Å²) in [7, 11) is 0. The lowest BCUT2D eigenvalue weighted by molar-refractivity contribution is -0.143. The molecule has 5 nitrogen and oxygen atoms in total. The van der Waals surface area contributed by atoms with E-state index >= 15 is 0 Å². The second-order valence-corrected chi connectivity index (χ2v) is 6.20. The zero-order chi connectivity index (χ0) is 17.0. The Morgan fingerprint density at radius 3 is 2.61 bits per heavy atom. The van der Waals surface area contributed by atoms with Crippen molar-refractivity contribution >= 4 is 17.6 Å². The number of aliphatic carboxylic acids is 1. The number of carbonyl (C=O) groups excluding carboxylic acids is 1. The molecule has 0 aliphatic heterocycles. The first-order valence-corrected chi connectivity index (χ1v) is 7.86. The Bertz CT molecular complexity index is 588. The Kier molecular flexibility index (Phi) is 5.58. The van der Waals surface area contributed by atoms with Crippen molar-refractivity contribution < 1.29 is 23.8 Å². The average molecular weight is 323 g/mol. The number of amides is 1. The van der Waals surface area contributed by atoms with E-state index in [2.05, 4.69) is 5.32 Å². The van der Waals surface area contributed by atoms with Crippen molar-refractivity contribution in [2.75, 3.05) is 5.32 Å². The van der Waals surface area contributed by atoms with Crippen molar-refractivity contribution in [2.24, 2.45) is 11.8 Å². The molecule has 2 atom stereocenters. The fraction of sp³-hybridized carbons (Fsp3) is 0.529. The van der Waals surface area contributed by atoms with Gasteiger partial charge in [0.1, 0.15) is 11.6 Å². The van der Waals surface area contributed by atoms with Gasteiger partial charge in [-0.05, 0) is 45.2 Å². The van der Waals surface area contributed by atoms with Gasteiger partial charge in [-0.15, -0.1) is 0 Å². The zero-order valence-corrected chi connectivity index (χ0v) is 13.3. The zero-order valence-electron chi connectivity index (χ0n) is 13.3. The monoisotopic (exact) mass is 323 g/mol. The van der Waals surface area contributed by atoms with Gasteiger partial charge in [0.2, 0.25) is 5.91 Å². The highest BCUT2D eigenvalue weighted by atomic mass is 19.1. The van der Waals surface area contributed by atoms with E-state index in [0.29, 0.717) is 31.4 Å². The minimum absolute atomic E-state index is 0.0648. The Morgan fingerprint density at radius 1 is 1.30 bits per heavy atom. The molecule has 1 saturated carbocycles. The molecule has 0 bridgehead atoms. The molecule has 0 heterocycles. The third-order valence-electron chi connectivity index (χ3n) is 3.96. The number of carbonyl (C=O) groups is 2. The van der Waals surface area contributed by atoms with Crippen LogP contribution in [0.25, 0.3) is 0 Å². The van der Waals surface area contributed by atoms with E-state index in [0.717, 1.165) is 0 Å². The van der Waals surface area contributed by atoms with Gasteiger partial charge in [-0.25, -0.2) is 4.39 Å². The predicted octanol–water partition coefficient (Wildman–Crippen LogP) is 3.44. The van der Waals surface area contributed by atoms with Crippen LogP contribution in [-0.4, -0.2) is 23.1 Å². The first kappa shape index (κ1) is 17.2. The van der Waals surface area contributed by atoms with Crippen LogP contribution in [-0.2, 0) is 9.59 Å². The lowest BCUT2D eigenvalue weighted by Gasteiger charge is -2.25. The SMILES string of the molecule is CC(C)Oc1ccc(NC(=O)C2CCCC(C(=O)O)C2)c(F)c1. The molecule has 1 amide bonds. The Labute approximate surface area is 134 Å². The van der Waals surface area contributed by atoms with Crippen LogP contribution in [0.2, 0.25) is 0 Å². The minimum Gasteiger partial charge on any atom is -0.491 e. The summed E-state index contributed by atoms with van der Waals surface area (Å²) in [5, 5.41) is 11.6. The molecule has 0 radical (unpaired) electrons. The molecule has 1 fully saturated rings. The molecule has 23 heavy (non-hydrogen) atoms. The van der Waals surface area contributed by atoms with Crippen LogP contribution in [0, 0.1) is 17.7 Å². The molecule has 0 aromatic heterocycles. The number of carboxylic acid groups (broad SMARTS) is 1. The van der Waals surface area contributed by atoms with E-state index in [1.54, 1.807) is 6.07 Å². The van der Waals surface area contributed by atoms with Crippen LogP contribution in [0.1, 0.15) is 39.5 Å². The van der Waals surface area contributed by atoms with Crippen molar-refractivity contribution in [3.8, 4) is 5.75 Å². The maximum atomic E-state index is 14.0. The quantitative estimate of drug-likeness (QED) is 0.870. The number of carboxylic acids is 1. The number of hydrogen-bond donors (Lipinski definition) is 2. The normalized spacial score (nSPS) is 21.0. The van der Waals surface area contributed by atoms with Gasteiger partial charge < -0.3 is 15.2 Å². The summed E-state index contributed by atoms with van der Waals surface area (Å²) in [6.45, 7) is 3.69. The molecule has 6 heteroatoms. The van der Waals surface area contributed by atoms with Crippen molar-refractivity contribution in [2.45, 2.75) is 45.6 Å². The Morgan fingerprint density at radius 2 is 2.00 bits per heavy atom. The largest absolute Gasteiger partial charge is 0.491 e. The number of nitrogens with one attached hydrogen (secondary N) is 1. The number of halogens is 1. The third kappa shape index (κ3) is 4.68. The van der Waals surface area contributed by atoms with E-state index < -0.39 is 23.6 Å². The molecule has 0 spiro atoms. The third-order valence-corrected chi connectivity index (χ3v) is 3.96. The van der Waals surface area contributed by atoms with Gasteiger partial charge in [0.25, 0.3) is 0 Å². The number of benzene rings is 1. The van der Waals surface area contributed by atoms with Gasteiger partial charge in [0.05, 0.1) is 17.7 Å². The predicted molar refractivity (Wildman–Crippen MR) is 83.9 cm³/mol.